The van der Waals surface area contributed by atoms with Crippen LogP contribution >= 0.6 is 23.1 Å². The molecule has 0 aliphatic heterocycles. The van der Waals surface area contributed by atoms with Gasteiger partial charge in [0, 0.05) is 31.0 Å². The van der Waals surface area contributed by atoms with E-state index in [0.29, 0.717) is 0 Å². The summed E-state index contributed by atoms with van der Waals surface area (Å²) >= 11 is 3.33. The van der Waals surface area contributed by atoms with Gasteiger partial charge in [-0.3, -0.25) is 4.90 Å². The summed E-state index contributed by atoms with van der Waals surface area (Å²) in [6, 6.07) is 2.20. The molecule has 0 bridgehead atoms. The molecule has 2 heterocycles. The van der Waals surface area contributed by atoms with E-state index in [1.807, 2.05) is 18.6 Å². The van der Waals surface area contributed by atoms with E-state index < -0.39 is 0 Å². The first-order chi connectivity index (χ1) is 9.31. The van der Waals surface area contributed by atoms with Gasteiger partial charge in [0.1, 0.15) is 0 Å². The van der Waals surface area contributed by atoms with E-state index in [2.05, 4.69) is 38.6 Å². The van der Waals surface area contributed by atoms with Crippen molar-refractivity contribution in [3.05, 3.63) is 40.3 Å². The van der Waals surface area contributed by atoms with Crippen LogP contribution < -0.4 is 0 Å². The average molecular weight is 293 g/mol. The van der Waals surface area contributed by atoms with E-state index in [1.54, 1.807) is 23.1 Å². The quantitative estimate of drug-likeness (QED) is 0.575. The fourth-order valence-corrected chi connectivity index (χ4v) is 2.94. The van der Waals surface area contributed by atoms with Crippen LogP contribution in [0.25, 0.3) is 0 Å². The van der Waals surface area contributed by atoms with Gasteiger partial charge in [-0.2, -0.15) is 11.3 Å². The molecule has 0 aromatic carbocycles. The molecule has 2 rings (SSSR count). The molecule has 0 fully saturated rings. The Morgan fingerprint density at radius 3 is 2.53 bits per heavy atom. The molecule has 0 amide bonds. The highest BCUT2D eigenvalue weighted by Crippen LogP contribution is 2.13. The number of aromatic nitrogens is 2. The lowest BCUT2D eigenvalue weighted by Gasteiger charge is -2.20. The molecule has 0 spiro atoms. The zero-order valence-corrected chi connectivity index (χ0v) is 13.0. The second kappa shape index (κ2) is 7.62. The largest absolute Gasteiger partial charge is 0.295 e. The van der Waals surface area contributed by atoms with Crippen LogP contribution in [0.15, 0.2) is 34.4 Å². The maximum absolute atomic E-state index is 4.33. The van der Waals surface area contributed by atoms with Crippen molar-refractivity contribution in [2.45, 2.75) is 31.6 Å². The minimum atomic E-state index is 0.837. The molecule has 0 atom stereocenters. The molecular weight excluding hydrogens is 274 g/mol. The monoisotopic (exact) mass is 293 g/mol. The summed E-state index contributed by atoms with van der Waals surface area (Å²) in [5.41, 5.74) is 2.57. The second-order valence-electron chi connectivity index (χ2n) is 4.42. The van der Waals surface area contributed by atoms with E-state index in [-0.39, 0.29) is 0 Å². The van der Waals surface area contributed by atoms with Crippen LogP contribution in [0.1, 0.15) is 24.5 Å². The molecule has 102 valence electrons. The molecule has 0 saturated carbocycles. The van der Waals surface area contributed by atoms with Gasteiger partial charge in [-0.15, -0.1) is 0 Å². The van der Waals surface area contributed by atoms with Crippen LogP contribution in [0.4, 0.5) is 0 Å². The van der Waals surface area contributed by atoms with Crippen molar-refractivity contribution in [2.75, 3.05) is 12.8 Å². The van der Waals surface area contributed by atoms with E-state index in [4.69, 9.17) is 0 Å². The van der Waals surface area contributed by atoms with Gasteiger partial charge in [-0.25, -0.2) is 9.97 Å². The fourth-order valence-electron chi connectivity index (χ4n) is 1.96. The fraction of sp³-hybridized carbons (Fsp3) is 0.429. The third-order valence-electron chi connectivity index (χ3n) is 2.80. The Bertz CT molecular complexity index is 468. The van der Waals surface area contributed by atoms with Gasteiger partial charge in [0.2, 0.25) is 0 Å². The highest BCUT2D eigenvalue weighted by Gasteiger charge is 2.07. The predicted molar refractivity (Wildman–Crippen MR) is 82.5 cm³/mol. The van der Waals surface area contributed by atoms with Crippen LogP contribution in [0.2, 0.25) is 0 Å². The maximum atomic E-state index is 4.33. The lowest BCUT2D eigenvalue weighted by Crippen LogP contribution is -2.23. The first-order valence-electron chi connectivity index (χ1n) is 6.40. The second-order valence-corrected chi connectivity index (χ2v) is 5.97. The predicted octanol–water partition coefficient (Wildman–Crippen LogP) is 3.67. The standard InChI is InChI=1S/C14H19N3S2/c1-3-5-17(9-12-4-6-19-11-12)10-13-7-15-14(18-2)16-8-13/h4,6-8,11H,3,5,9-10H2,1-2H3. The molecule has 2 aromatic rings. The Morgan fingerprint density at radius 2 is 1.95 bits per heavy atom. The smallest absolute Gasteiger partial charge is 0.187 e. The Hall–Kier alpha value is -0.910. The van der Waals surface area contributed by atoms with Gasteiger partial charge in [0.25, 0.3) is 0 Å². The number of nitrogens with zero attached hydrogens (tertiary/aromatic N) is 3. The minimum absolute atomic E-state index is 0.837. The van der Waals surface area contributed by atoms with Crippen molar-refractivity contribution < 1.29 is 0 Å². The number of rotatable bonds is 7. The maximum Gasteiger partial charge on any atom is 0.187 e. The van der Waals surface area contributed by atoms with Gasteiger partial charge >= 0.3 is 0 Å². The van der Waals surface area contributed by atoms with Crippen molar-refractivity contribution in [1.29, 1.82) is 0 Å². The molecule has 2 aromatic heterocycles. The topological polar surface area (TPSA) is 29.0 Å². The molecule has 3 nitrogen and oxygen atoms in total. The van der Waals surface area contributed by atoms with Crippen molar-refractivity contribution in [3.63, 3.8) is 0 Å². The van der Waals surface area contributed by atoms with Gasteiger partial charge in [-0.1, -0.05) is 18.7 Å². The summed E-state index contributed by atoms with van der Waals surface area (Å²) in [5, 5.41) is 5.19. The molecule has 0 N–H and O–H groups in total. The average Bonchev–Trinajstić information content (AvgIpc) is 2.93. The summed E-state index contributed by atoms with van der Waals surface area (Å²) in [4.78, 5) is 11.1. The number of hydrogen-bond donors (Lipinski definition) is 0. The lowest BCUT2D eigenvalue weighted by atomic mass is 10.2. The number of thiophene rings is 1. The highest BCUT2D eigenvalue weighted by atomic mass is 32.2. The van der Waals surface area contributed by atoms with Gasteiger partial charge < -0.3 is 0 Å². The Labute approximate surface area is 123 Å². The van der Waals surface area contributed by atoms with E-state index in [1.165, 1.54) is 11.1 Å². The van der Waals surface area contributed by atoms with Crippen LogP contribution in [-0.2, 0) is 13.1 Å². The molecule has 0 saturated heterocycles. The van der Waals surface area contributed by atoms with E-state index >= 15 is 0 Å². The number of hydrogen-bond acceptors (Lipinski definition) is 5. The molecule has 5 heteroatoms. The molecule has 0 aliphatic carbocycles. The molecule has 19 heavy (non-hydrogen) atoms. The lowest BCUT2D eigenvalue weighted by molar-refractivity contribution is 0.257. The van der Waals surface area contributed by atoms with Crippen LogP contribution in [0.3, 0.4) is 0 Å². The Kier molecular flexibility index (Phi) is 5.82. The first kappa shape index (κ1) is 14.5. The molecule has 0 aliphatic rings. The Morgan fingerprint density at radius 1 is 1.21 bits per heavy atom. The highest BCUT2D eigenvalue weighted by molar-refractivity contribution is 7.98. The molecule has 0 radical (unpaired) electrons. The van der Waals surface area contributed by atoms with Crippen molar-refractivity contribution in [1.82, 2.24) is 14.9 Å². The minimum Gasteiger partial charge on any atom is -0.295 e. The van der Waals surface area contributed by atoms with Gasteiger partial charge in [-0.05, 0) is 41.6 Å². The first-order valence-corrected chi connectivity index (χ1v) is 8.57. The van der Waals surface area contributed by atoms with Crippen LogP contribution in [0, 0.1) is 0 Å². The molecule has 0 unspecified atom stereocenters. The van der Waals surface area contributed by atoms with Gasteiger partial charge in [0.05, 0.1) is 0 Å². The zero-order chi connectivity index (χ0) is 13.5. The number of thioether (sulfide) groups is 1. The third-order valence-corrected chi connectivity index (χ3v) is 4.10. The third kappa shape index (κ3) is 4.60. The van der Waals surface area contributed by atoms with Gasteiger partial charge in [0.15, 0.2) is 5.16 Å². The summed E-state index contributed by atoms with van der Waals surface area (Å²) < 4.78 is 0. The Balaban J connectivity index is 1.98. The summed E-state index contributed by atoms with van der Waals surface area (Å²) in [5.74, 6) is 0. The summed E-state index contributed by atoms with van der Waals surface area (Å²) in [6.07, 6.45) is 7.03. The van der Waals surface area contributed by atoms with Crippen molar-refractivity contribution in [3.8, 4) is 0 Å². The summed E-state index contributed by atoms with van der Waals surface area (Å²) in [7, 11) is 0. The van der Waals surface area contributed by atoms with Crippen LogP contribution in [0.5, 0.6) is 0 Å². The van der Waals surface area contributed by atoms with Crippen LogP contribution in [-0.4, -0.2) is 27.7 Å². The summed E-state index contributed by atoms with van der Waals surface area (Å²) in [6.45, 7) is 5.23. The normalized spacial score (nSPS) is 11.1. The van der Waals surface area contributed by atoms with Crippen molar-refractivity contribution >= 4 is 23.1 Å². The molecular formula is C14H19N3S2. The van der Waals surface area contributed by atoms with E-state index in [0.717, 1.165) is 31.2 Å². The van der Waals surface area contributed by atoms with E-state index in [9.17, 15) is 0 Å². The van der Waals surface area contributed by atoms with Crippen molar-refractivity contribution in [2.24, 2.45) is 0 Å². The zero-order valence-electron chi connectivity index (χ0n) is 11.4. The SMILES string of the molecule is CCCN(Cc1cnc(SC)nc1)Cc1ccsc1.